The fraction of sp³-hybridized carbons (Fsp3) is 0.545. The molecular weight excluding hydrogens is 194 g/mol. The van der Waals surface area contributed by atoms with Gasteiger partial charge in [0, 0.05) is 21.9 Å². The lowest BCUT2D eigenvalue weighted by molar-refractivity contribution is 0.326. The number of ether oxygens (including phenoxy) is 1. The minimum absolute atomic E-state index is 0.231. The molecule has 78 valence electrons. The summed E-state index contributed by atoms with van der Waals surface area (Å²) in [5, 5.41) is 0. The van der Waals surface area contributed by atoms with Crippen molar-refractivity contribution < 1.29 is 4.74 Å². The smallest absolute Gasteiger partial charge is 0.213 e. The second kappa shape index (κ2) is 4.69. The van der Waals surface area contributed by atoms with Gasteiger partial charge < -0.3 is 4.74 Å². The Morgan fingerprint density at radius 3 is 2.50 bits per heavy atom. The van der Waals surface area contributed by atoms with Crippen molar-refractivity contribution in [3.63, 3.8) is 0 Å². The predicted octanol–water partition coefficient (Wildman–Crippen LogP) is 3.37. The number of nitrogens with zero attached hydrogens (tertiary/aromatic N) is 1. The molecule has 1 rings (SSSR count). The van der Waals surface area contributed by atoms with Crippen molar-refractivity contribution in [2.24, 2.45) is 0 Å². The summed E-state index contributed by atoms with van der Waals surface area (Å²) in [5.74, 6) is 0.700. The van der Waals surface area contributed by atoms with Gasteiger partial charge in [0.05, 0.1) is 6.61 Å². The summed E-state index contributed by atoms with van der Waals surface area (Å²) in [6, 6.07) is 3.96. The first-order valence-electron chi connectivity index (χ1n) is 4.79. The molecule has 0 amide bonds. The highest BCUT2D eigenvalue weighted by Crippen LogP contribution is 2.31. The van der Waals surface area contributed by atoms with Crippen LogP contribution in [0.15, 0.2) is 23.2 Å². The van der Waals surface area contributed by atoms with Crippen LogP contribution in [0.5, 0.6) is 5.88 Å². The first-order valence-corrected chi connectivity index (χ1v) is 5.61. The van der Waals surface area contributed by atoms with Crippen LogP contribution in [-0.4, -0.2) is 16.3 Å². The van der Waals surface area contributed by atoms with Crippen molar-refractivity contribution >= 4 is 11.8 Å². The molecule has 0 saturated carbocycles. The third kappa shape index (κ3) is 4.01. The van der Waals surface area contributed by atoms with E-state index in [0.29, 0.717) is 12.5 Å². The Morgan fingerprint density at radius 2 is 2.07 bits per heavy atom. The maximum absolute atomic E-state index is 5.27. The number of thioether (sulfide) groups is 1. The quantitative estimate of drug-likeness (QED) is 0.716. The van der Waals surface area contributed by atoms with E-state index in [2.05, 4.69) is 25.8 Å². The van der Waals surface area contributed by atoms with E-state index in [0.717, 1.165) is 0 Å². The van der Waals surface area contributed by atoms with Crippen molar-refractivity contribution in [2.75, 3.05) is 6.61 Å². The molecule has 1 aromatic rings. The largest absolute Gasteiger partial charge is 0.478 e. The van der Waals surface area contributed by atoms with Crippen molar-refractivity contribution in [3.8, 4) is 5.88 Å². The molecule has 0 N–H and O–H groups in total. The molecule has 14 heavy (non-hydrogen) atoms. The maximum atomic E-state index is 5.27. The zero-order chi connectivity index (χ0) is 10.6. The van der Waals surface area contributed by atoms with E-state index in [4.69, 9.17) is 4.74 Å². The number of hydrogen-bond acceptors (Lipinski definition) is 3. The zero-order valence-corrected chi connectivity index (χ0v) is 10.0. The van der Waals surface area contributed by atoms with Gasteiger partial charge in [-0.2, -0.15) is 0 Å². The molecule has 1 aromatic heterocycles. The molecule has 0 aliphatic heterocycles. The van der Waals surface area contributed by atoms with Crippen LogP contribution in [0.3, 0.4) is 0 Å². The fourth-order valence-electron chi connectivity index (χ4n) is 1.01. The van der Waals surface area contributed by atoms with Gasteiger partial charge in [-0.1, -0.05) is 20.8 Å². The van der Waals surface area contributed by atoms with Crippen LogP contribution < -0.4 is 4.74 Å². The number of pyridine rings is 1. The highest BCUT2D eigenvalue weighted by Gasteiger charge is 2.11. The summed E-state index contributed by atoms with van der Waals surface area (Å²) in [6.45, 7) is 9.19. The highest BCUT2D eigenvalue weighted by molar-refractivity contribution is 8.00. The molecule has 0 radical (unpaired) electrons. The van der Waals surface area contributed by atoms with Crippen LogP contribution in [-0.2, 0) is 0 Å². The molecule has 0 aliphatic carbocycles. The Balaban J connectivity index is 2.64. The molecule has 2 nitrogen and oxygen atoms in total. The van der Waals surface area contributed by atoms with Crippen molar-refractivity contribution in [3.05, 3.63) is 18.3 Å². The number of hydrogen-bond donors (Lipinski definition) is 0. The van der Waals surface area contributed by atoms with Crippen LogP contribution in [0.25, 0.3) is 0 Å². The lowest BCUT2D eigenvalue weighted by atomic mass is 10.3. The van der Waals surface area contributed by atoms with Crippen LogP contribution in [0, 0.1) is 0 Å². The molecule has 0 bridgehead atoms. The van der Waals surface area contributed by atoms with Gasteiger partial charge in [0.1, 0.15) is 0 Å². The van der Waals surface area contributed by atoms with E-state index in [9.17, 15) is 0 Å². The summed E-state index contributed by atoms with van der Waals surface area (Å²) >= 11 is 1.81. The Morgan fingerprint density at radius 1 is 1.36 bits per heavy atom. The lowest BCUT2D eigenvalue weighted by Gasteiger charge is -2.17. The van der Waals surface area contributed by atoms with Gasteiger partial charge in [0.2, 0.25) is 5.88 Å². The molecule has 0 spiro atoms. The van der Waals surface area contributed by atoms with Gasteiger partial charge in [0.15, 0.2) is 0 Å². The van der Waals surface area contributed by atoms with Gasteiger partial charge in [-0.3, -0.25) is 0 Å². The molecular formula is C11H17NOS. The third-order valence-electron chi connectivity index (χ3n) is 1.43. The molecule has 0 fully saturated rings. The summed E-state index contributed by atoms with van der Waals surface area (Å²) in [6.07, 6.45) is 1.86. The monoisotopic (exact) mass is 211 g/mol. The standard InChI is InChI=1S/C11H17NOS/c1-5-13-10-7-6-9(8-12-10)14-11(2,3)4/h6-8H,5H2,1-4H3. The zero-order valence-electron chi connectivity index (χ0n) is 9.20. The van der Waals surface area contributed by atoms with Crippen LogP contribution in [0.2, 0.25) is 0 Å². The Bertz CT molecular complexity index is 276. The van der Waals surface area contributed by atoms with Crippen LogP contribution >= 0.6 is 11.8 Å². The SMILES string of the molecule is CCOc1ccc(SC(C)(C)C)cn1. The maximum Gasteiger partial charge on any atom is 0.213 e. The molecule has 0 saturated heterocycles. The first-order chi connectivity index (χ1) is 6.51. The third-order valence-corrected chi connectivity index (χ3v) is 2.52. The summed E-state index contributed by atoms with van der Waals surface area (Å²) in [7, 11) is 0. The summed E-state index contributed by atoms with van der Waals surface area (Å²) < 4.78 is 5.50. The normalized spacial score (nSPS) is 11.4. The van der Waals surface area contributed by atoms with E-state index in [-0.39, 0.29) is 4.75 Å². The topological polar surface area (TPSA) is 22.1 Å². The minimum atomic E-state index is 0.231. The highest BCUT2D eigenvalue weighted by atomic mass is 32.2. The molecule has 1 heterocycles. The second-order valence-electron chi connectivity index (χ2n) is 3.98. The molecule has 0 aromatic carbocycles. The average Bonchev–Trinajstić information content (AvgIpc) is 2.06. The molecule has 3 heteroatoms. The van der Waals surface area contributed by atoms with Crippen molar-refractivity contribution in [1.29, 1.82) is 0 Å². The number of rotatable bonds is 3. The molecule has 0 aliphatic rings. The van der Waals surface area contributed by atoms with Gasteiger partial charge in [-0.25, -0.2) is 4.98 Å². The van der Waals surface area contributed by atoms with Gasteiger partial charge in [0.25, 0.3) is 0 Å². The summed E-state index contributed by atoms with van der Waals surface area (Å²) in [5.41, 5.74) is 0. The van der Waals surface area contributed by atoms with E-state index in [1.807, 2.05) is 37.0 Å². The van der Waals surface area contributed by atoms with E-state index >= 15 is 0 Å². The van der Waals surface area contributed by atoms with Gasteiger partial charge in [-0.15, -0.1) is 11.8 Å². The van der Waals surface area contributed by atoms with Gasteiger partial charge >= 0.3 is 0 Å². The number of aromatic nitrogens is 1. The van der Waals surface area contributed by atoms with E-state index < -0.39 is 0 Å². The van der Waals surface area contributed by atoms with Crippen molar-refractivity contribution in [2.45, 2.75) is 37.3 Å². The first kappa shape index (κ1) is 11.4. The Kier molecular flexibility index (Phi) is 3.81. The molecule has 0 unspecified atom stereocenters. The van der Waals surface area contributed by atoms with Gasteiger partial charge in [-0.05, 0) is 13.0 Å². The van der Waals surface area contributed by atoms with E-state index in [1.165, 1.54) is 4.90 Å². The van der Waals surface area contributed by atoms with Crippen LogP contribution in [0.4, 0.5) is 0 Å². The molecule has 0 atom stereocenters. The summed E-state index contributed by atoms with van der Waals surface area (Å²) in [4.78, 5) is 5.39. The predicted molar refractivity (Wildman–Crippen MR) is 61.0 cm³/mol. The Labute approximate surface area is 90.1 Å². The van der Waals surface area contributed by atoms with Crippen LogP contribution in [0.1, 0.15) is 27.7 Å². The van der Waals surface area contributed by atoms with Crippen molar-refractivity contribution in [1.82, 2.24) is 4.98 Å². The Hall–Kier alpha value is -0.700. The minimum Gasteiger partial charge on any atom is -0.478 e. The second-order valence-corrected chi connectivity index (χ2v) is 5.88. The lowest BCUT2D eigenvalue weighted by Crippen LogP contribution is -2.06. The van der Waals surface area contributed by atoms with E-state index in [1.54, 1.807) is 0 Å². The fourth-order valence-corrected chi connectivity index (χ4v) is 1.96. The average molecular weight is 211 g/mol.